The van der Waals surface area contributed by atoms with Crippen molar-refractivity contribution in [2.75, 3.05) is 13.4 Å². The van der Waals surface area contributed by atoms with Crippen molar-refractivity contribution in [3.8, 4) is 34.1 Å². The van der Waals surface area contributed by atoms with Gasteiger partial charge in [0.05, 0.1) is 24.7 Å². The lowest BCUT2D eigenvalue weighted by Gasteiger charge is -2.11. The molecular formula is C23H22N4O4S. The van der Waals surface area contributed by atoms with E-state index in [1.807, 2.05) is 43.5 Å². The summed E-state index contributed by atoms with van der Waals surface area (Å²) in [5.41, 5.74) is 4.17. The molecule has 0 atom stereocenters. The maximum absolute atomic E-state index is 11.6. The van der Waals surface area contributed by atoms with Gasteiger partial charge in [-0.1, -0.05) is 6.07 Å². The first-order valence-electron chi connectivity index (χ1n) is 9.78. The first kappa shape index (κ1) is 21.5. The molecule has 3 aromatic heterocycles. The standard InChI is InChI=1S/C23H22N4O4S/c1-15-4-6-17(24-11-15)14-31-18-7-8-19(21(10-18)30-2)20-13-26-23(27-20)16-5-9-22(25-12-16)32(3,28)29/h4-13H,14H2,1-3H3,(H,26,27). The Morgan fingerprint density at radius 2 is 1.81 bits per heavy atom. The van der Waals surface area contributed by atoms with E-state index in [0.29, 0.717) is 29.5 Å². The third kappa shape index (κ3) is 4.78. The Bertz CT molecular complexity index is 1330. The van der Waals surface area contributed by atoms with Crippen LogP contribution < -0.4 is 9.47 Å². The number of imidazole rings is 1. The fourth-order valence-corrected chi connectivity index (χ4v) is 3.63. The summed E-state index contributed by atoms with van der Waals surface area (Å²) in [6, 6.07) is 12.6. The molecule has 9 heteroatoms. The smallest absolute Gasteiger partial charge is 0.192 e. The first-order valence-corrected chi connectivity index (χ1v) is 11.7. The number of aromatic nitrogens is 4. The zero-order valence-electron chi connectivity index (χ0n) is 17.9. The number of H-pyrrole nitrogens is 1. The second-order valence-electron chi connectivity index (χ2n) is 7.28. The fourth-order valence-electron chi connectivity index (χ4n) is 3.07. The van der Waals surface area contributed by atoms with Gasteiger partial charge in [0.1, 0.15) is 23.9 Å². The van der Waals surface area contributed by atoms with Crippen molar-refractivity contribution in [1.29, 1.82) is 0 Å². The van der Waals surface area contributed by atoms with E-state index in [2.05, 4.69) is 19.9 Å². The Morgan fingerprint density at radius 1 is 0.969 bits per heavy atom. The lowest BCUT2D eigenvalue weighted by molar-refractivity contribution is 0.299. The number of benzene rings is 1. The van der Waals surface area contributed by atoms with E-state index in [4.69, 9.17) is 9.47 Å². The summed E-state index contributed by atoms with van der Waals surface area (Å²) in [6.07, 6.45) is 6.10. The number of pyridine rings is 2. The van der Waals surface area contributed by atoms with Crippen molar-refractivity contribution in [2.45, 2.75) is 18.6 Å². The largest absolute Gasteiger partial charge is 0.496 e. The van der Waals surface area contributed by atoms with Gasteiger partial charge in [-0.3, -0.25) is 4.98 Å². The second kappa shape index (κ2) is 8.80. The summed E-state index contributed by atoms with van der Waals surface area (Å²) in [7, 11) is -1.76. The number of aryl methyl sites for hydroxylation is 1. The zero-order chi connectivity index (χ0) is 22.7. The molecule has 0 saturated carbocycles. The first-order chi connectivity index (χ1) is 15.3. The van der Waals surface area contributed by atoms with E-state index in [9.17, 15) is 8.42 Å². The number of sulfone groups is 1. The summed E-state index contributed by atoms with van der Waals surface area (Å²) in [5.74, 6) is 1.86. The monoisotopic (exact) mass is 450 g/mol. The number of nitrogens with one attached hydrogen (secondary N) is 1. The number of ether oxygens (including phenoxy) is 2. The van der Waals surface area contributed by atoms with Crippen LogP contribution in [-0.2, 0) is 16.4 Å². The molecule has 4 aromatic rings. The van der Waals surface area contributed by atoms with E-state index in [-0.39, 0.29) is 5.03 Å². The molecule has 32 heavy (non-hydrogen) atoms. The van der Waals surface area contributed by atoms with Crippen LogP contribution in [0.25, 0.3) is 22.6 Å². The Balaban J connectivity index is 1.53. The minimum atomic E-state index is -3.35. The molecule has 0 aliphatic heterocycles. The Morgan fingerprint density at radius 3 is 2.47 bits per heavy atom. The van der Waals surface area contributed by atoms with Gasteiger partial charge >= 0.3 is 0 Å². The number of methoxy groups -OCH3 is 1. The maximum atomic E-state index is 11.6. The second-order valence-corrected chi connectivity index (χ2v) is 9.24. The molecular weight excluding hydrogens is 428 g/mol. The number of nitrogens with zero attached hydrogens (tertiary/aromatic N) is 3. The SMILES string of the molecule is COc1cc(OCc2ccc(C)cn2)ccc1-c1cnc(-c2ccc(S(C)(=O)=O)nc2)[nH]1. The van der Waals surface area contributed by atoms with Crippen LogP contribution in [0.5, 0.6) is 11.5 Å². The summed E-state index contributed by atoms with van der Waals surface area (Å²) < 4.78 is 34.6. The van der Waals surface area contributed by atoms with E-state index in [0.717, 1.165) is 28.8 Å². The minimum absolute atomic E-state index is 0.0196. The molecule has 0 saturated heterocycles. The van der Waals surface area contributed by atoms with Crippen molar-refractivity contribution in [3.63, 3.8) is 0 Å². The van der Waals surface area contributed by atoms with Gasteiger partial charge in [-0.15, -0.1) is 0 Å². The van der Waals surface area contributed by atoms with Gasteiger partial charge in [0, 0.05) is 35.8 Å². The molecule has 0 unspecified atom stereocenters. The summed E-state index contributed by atoms with van der Waals surface area (Å²) in [4.78, 5) is 16.0. The van der Waals surface area contributed by atoms with Crippen LogP contribution in [-0.4, -0.2) is 41.7 Å². The van der Waals surface area contributed by atoms with Gasteiger partial charge in [-0.05, 0) is 42.8 Å². The molecule has 1 aromatic carbocycles. The number of aromatic amines is 1. The van der Waals surface area contributed by atoms with Gasteiger partial charge < -0.3 is 14.5 Å². The molecule has 0 spiro atoms. The normalized spacial score (nSPS) is 11.3. The fraction of sp³-hybridized carbons (Fsp3) is 0.174. The molecule has 0 aliphatic rings. The third-order valence-corrected chi connectivity index (χ3v) is 5.79. The molecule has 0 amide bonds. The van der Waals surface area contributed by atoms with Gasteiger partial charge in [-0.25, -0.2) is 18.4 Å². The van der Waals surface area contributed by atoms with Crippen LogP contribution in [0.3, 0.4) is 0 Å². The van der Waals surface area contributed by atoms with E-state index >= 15 is 0 Å². The molecule has 8 nitrogen and oxygen atoms in total. The molecule has 0 fully saturated rings. The highest BCUT2D eigenvalue weighted by Crippen LogP contribution is 2.33. The van der Waals surface area contributed by atoms with Crippen LogP contribution >= 0.6 is 0 Å². The molecule has 1 N–H and O–H groups in total. The predicted octanol–water partition coefficient (Wildman–Crippen LogP) is 3.83. The van der Waals surface area contributed by atoms with Gasteiger partial charge in [-0.2, -0.15) is 0 Å². The Kier molecular flexibility index (Phi) is 5.91. The Hall–Kier alpha value is -3.72. The third-order valence-electron chi connectivity index (χ3n) is 4.79. The molecule has 4 rings (SSSR count). The summed E-state index contributed by atoms with van der Waals surface area (Å²) in [6.45, 7) is 2.34. The van der Waals surface area contributed by atoms with E-state index < -0.39 is 9.84 Å². The lowest BCUT2D eigenvalue weighted by Crippen LogP contribution is -2.00. The number of hydrogen-bond donors (Lipinski definition) is 1. The average Bonchev–Trinajstić information content (AvgIpc) is 3.28. The van der Waals surface area contributed by atoms with Crippen LogP contribution in [0.2, 0.25) is 0 Å². The number of rotatable bonds is 7. The quantitative estimate of drug-likeness (QED) is 0.456. The number of hydrogen-bond acceptors (Lipinski definition) is 7. The molecule has 3 heterocycles. The highest BCUT2D eigenvalue weighted by Gasteiger charge is 2.13. The van der Waals surface area contributed by atoms with Crippen molar-refractivity contribution >= 4 is 9.84 Å². The molecule has 0 aliphatic carbocycles. The van der Waals surface area contributed by atoms with E-state index in [1.54, 1.807) is 19.4 Å². The zero-order valence-corrected chi connectivity index (χ0v) is 18.7. The molecule has 0 bridgehead atoms. The van der Waals surface area contributed by atoms with Gasteiger partial charge in [0.2, 0.25) is 0 Å². The molecule has 164 valence electrons. The maximum Gasteiger partial charge on any atom is 0.192 e. The van der Waals surface area contributed by atoms with Crippen LogP contribution in [0, 0.1) is 6.92 Å². The van der Waals surface area contributed by atoms with Crippen molar-refractivity contribution < 1.29 is 17.9 Å². The highest BCUT2D eigenvalue weighted by molar-refractivity contribution is 7.90. The van der Waals surface area contributed by atoms with Crippen molar-refractivity contribution in [1.82, 2.24) is 19.9 Å². The average molecular weight is 451 g/mol. The van der Waals surface area contributed by atoms with Gasteiger partial charge in [0.15, 0.2) is 14.9 Å². The molecule has 0 radical (unpaired) electrons. The topological polar surface area (TPSA) is 107 Å². The van der Waals surface area contributed by atoms with Crippen molar-refractivity contribution in [2.24, 2.45) is 0 Å². The predicted molar refractivity (Wildman–Crippen MR) is 120 cm³/mol. The summed E-state index contributed by atoms with van der Waals surface area (Å²) >= 11 is 0. The van der Waals surface area contributed by atoms with Crippen LogP contribution in [0.4, 0.5) is 0 Å². The van der Waals surface area contributed by atoms with E-state index in [1.165, 1.54) is 12.3 Å². The van der Waals surface area contributed by atoms with Crippen LogP contribution in [0.15, 0.2) is 66.1 Å². The van der Waals surface area contributed by atoms with Crippen molar-refractivity contribution in [3.05, 3.63) is 72.3 Å². The summed E-state index contributed by atoms with van der Waals surface area (Å²) in [5, 5.41) is 0.0196. The lowest BCUT2D eigenvalue weighted by atomic mass is 10.1. The van der Waals surface area contributed by atoms with Gasteiger partial charge in [0.25, 0.3) is 0 Å². The van der Waals surface area contributed by atoms with Crippen LogP contribution in [0.1, 0.15) is 11.3 Å². The minimum Gasteiger partial charge on any atom is -0.496 e. The highest BCUT2D eigenvalue weighted by atomic mass is 32.2. The Labute approximate surface area is 186 Å².